The molecule has 1 aliphatic carbocycles. The number of rotatable bonds is 1. The Morgan fingerprint density at radius 1 is 1.38 bits per heavy atom. The Bertz CT molecular complexity index is 135. The van der Waals surface area contributed by atoms with E-state index in [2.05, 4.69) is 4.99 Å². The van der Waals surface area contributed by atoms with Crippen molar-refractivity contribution in [1.82, 2.24) is 0 Å². The maximum Gasteiger partial charge on any atom is 0.235 e. The van der Waals surface area contributed by atoms with Crippen LogP contribution in [0.5, 0.6) is 0 Å². The van der Waals surface area contributed by atoms with E-state index in [0.717, 1.165) is 0 Å². The largest absolute Gasteiger partial charge is 0.235 e. The first-order chi connectivity index (χ1) is 3.77. The van der Waals surface area contributed by atoms with Crippen molar-refractivity contribution in [2.75, 3.05) is 0 Å². The van der Waals surface area contributed by atoms with Crippen LogP contribution in [-0.4, -0.2) is 22.9 Å². The zero-order valence-electron chi connectivity index (χ0n) is 3.84. The van der Waals surface area contributed by atoms with Crippen LogP contribution in [0.3, 0.4) is 0 Å². The summed E-state index contributed by atoms with van der Waals surface area (Å²) in [7, 11) is 0. The molecule has 2 atom stereocenters. The number of halogens is 2. The molecule has 2 unspecified atom stereocenters. The number of aliphatic imine (C=N–C) groups is 1. The smallest absolute Gasteiger partial charge is 0.211 e. The van der Waals surface area contributed by atoms with Crippen LogP contribution in [0.15, 0.2) is 4.99 Å². The molecule has 0 saturated heterocycles. The third-order valence-corrected chi connectivity index (χ3v) is 2.21. The van der Waals surface area contributed by atoms with Gasteiger partial charge in [0.05, 0.1) is 16.8 Å². The van der Waals surface area contributed by atoms with E-state index in [1.54, 1.807) is 0 Å². The average molecular weight is 152 g/mol. The molecule has 2 nitrogen and oxygen atoms in total. The van der Waals surface area contributed by atoms with Gasteiger partial charge < -0.3 is 0 Å². The van der Waals surface area contributed by atoms with Gasteiger partial charge >= 0.3 is 0 Å². The van der Waals surface area contributed by atoms with Crippen molar-refractivity contribution in [2.24, 2.45) is 4.99 Å². The van der Waals surface area contributed by atoms with Crippen molar-refractivity contribution >= 4 is 29.3 Å². The Labute approximate surface area is 56.5 Å². The highest BCUT2D eigenvalue weighted by Gasteiger charge is 2.48. The first-order valence-electron chi connectivity index (χ1n) is 2.12. The summed E-state index contributed by atoms with van der Waals surface area (Å²) in [6.07, 6.45) is 1.40. The van der Waals surface area contributed by atoms with Crippen LogP contribution in [0.1, 0.15) is 0 Å². The SMILES string of the molecule is O=C=NC1C(Cl)C1Cl. The van der Waals surface area contributed by atoms with Gasteiger partial charge in [-0.2, -0.15) is 4.99 Å². The molecular weight excluding hydrogens is 149 g/mol. The second-order valence-corrected chi connectivity index (χ2v) is 2.61. The molecule has 1 aliphatic rings. The molecule has 8 heavy (non-hydrogen) atoms. The summed E-state index contributed by atoms with van der Waals surface area (Å²) in [6, 6.07) is -0.184. The van der Waals surface area contributed by atoms with E-state index in [1.807, 2.05) is 0 Å². The summed E-state index contributed by atoms with van der Waals surface area (Å²) in [6.45, 7) is 0. The lowest BCUT2D eigenvalue weighted by Crippen LogP contribution is -1.78. The zero-order chi connectivity index (χ0) is 6.15. The van der Waals surface area contributed by atoms with Crippen LogP contribution < -0.4 is 0 Å². The van der Waals surface area contributed by atoms with Gasteiger partial charge in [-0.15, -0.1) is 23.2 Å². The number of hydrogen-bond acceptors (Lipinski definition) is 2. The molecule has 4 heteroatoms. The predicted octanol–water partition coefficient (Wildman–Crippen LogP) is 0.919. The lowest BCUT2D eigenvalue weighted by atomic mass is 10.8. The normalized spacial score (nSPS) is 43.0. The fourth-order valence-electron chi connectivity index (χ4n) is 0.430. The summed E-state index contributed by atoms with van der Waals surface area (Å²) in [5.74, 6) is 0. The Balaban J connectivity index is 2.44. The Hall–Kier alpha value is -0.0400. The van der Waals surface area contributed by atoms with Crippen LogP contribution in [0.4, 0.5) is 0 Å². The molecule has 0 amide bonds. The molecular formula is C4H3Cl2NO. The number of hydrogen-bond donors (Lipinski definition) is 0. The van der Waals surface area contributed by atoms with Gasteiger partial charge in [-0.1, -0.05) is 0 Å². The second-order valence-electron chi connectivity index (χ2n) is 1.60. The van der Waals surface area contributed by atoms with Crippen molar-refractivity contribution in [3.8, 4) is 0 Å². The van der Waals surface area contributed by atoms with Crippen molar-refractivity contribution in [2.45, 2.75) is 16.8 Å². The molecule has 0 bridgehead atoms. The van der Waals surface area contributed by atoms with Gasteiger partial charge in [-0.05, 0) is 0 Å². The molecule has 1 fully saturated rings. The van der Waals surface area contributed by atoms with E-state index in [1.165, 1.54) is 6.08 Å². The molecule has 0 heterocycles. The van der Waals surface area contributed by atoms with Crippen molar-refractivity contribution < 1.29 is 4.79 Å². The van der Waals surface area contributed by atoms with E-state index in [0.29, 0.717) is 0 Å². The molecule has 0 spiro atoms. The molecule has 1 saturated carbocycles. The number of nitrogens with zero attached hydrogens (tertiary/aromatic N) is 1. The van der Waals surface area contributed by atoms with Gasteiger partial charge in [0.1, 0.15) is 0 Å². The second kappa shape index (κ2) is 2.06. The maximum atomic E-state index is 9.54. The lowest BCUT2D eigenvalue weighted by Gasteiger charge is -1.69. The van der Waals surface area contributed by atoms with Crippen molar-refractivity contribution in [1.29, 1.82) is 0 Å². The Kier molecular flexibility index (Phi) is 1.57. The lowest BCUT2D eigenvalue weighted by molar-refractivity contribution is 0.563. The van der Waals surface area contributed by atoms with Crippen LogP contribution >= 0.6 is 23.2 Å². The summed E-state index contributed by atoms with van der Waals surface area (Å²) in [5, 5.41) is -0.309. The van der Waals surface area contributed by atoms with E-state index < -0.39 is 0 Å². The minimum atomic E-state index is -0.184. The Morgan fingerprint density at radius 3 is 2.00 bits per heavy atom. The van der Waals surface area contributed by atoms with Crippen LogP contribution in [0.2, 0.25) is 0 Å². The molecule has 0 radical (unpaired) electrons. The fourth-order valence-corrected chi connectivity index (χ4v) is 1.06. The molecule has 0 N–H and O–H groups in total. The highest BCUT2D eigenvalue weighted by atomic mass is 35.5. The number of carbonyl (C=O) groups excluding carboxylic acids is 1. The number of isocyanates is 1. The molecule has 0 aromatic rings. The monoisotopic (exact) mass is 151 g/mol. The summed E-state index contributed by atoms with van der Waals surface area (Å²) in [4.78, 5) is 12.9. The maximum absolute atomic E-state index is 9.54. The topological polar surface area (TPSA) is 29.4 Å². The van der Waals surface area contributed by atoms with E-state index in [-0.39, 0.29) is 16.8 Å². The molecule has 0 aromatic heterocycles. The third kappa shape index (κ3) is 0.873. The molecule has 1 rings (SSSR count). The fraction of sp³-hybridized carbons (Fsp3) is 0.750. The average Bonchev–Trinajstić information content (AvgIpc) is 2.25. The summed E-state index contributed by atoms with van der Waals surface area (Å²) >= 11 is 11.0. The minimum absolute atomic E-state index is 0.155. The van der Waals surface area contributed by atoms with Gasteiger partial charge in [0.2, 0.25) is 6.08 Å². The standard InChI is InChI=1S/C4H3Cl2NO/c5-2-3(6)4(2)7-1-8/h2-4H. The van der Waals surface area contributed by atoms with Crippen molar-refractivity contribution in [3.63, 3.8) is 0 Å². The van der Waals surface area contributed by atoms with Gasteiger partial charge in [-0.3, -0.25) is 0 Å². The van der Waals surface area contributed by atoms with Gasteiger partial charge in [0.25, 0.3) is 0 Å². The first kappa shape index (κ1) is 6.09. The predicted molar refractivity (Wildman–Crippen MR) is 31.2 cm³/mol. The molecule has 0 aromatic carbocycles. The van der Waals surface area contributed by atoms with E-state index in [9.17, 15) is 4.79 Å². The third-order valence-electron chi connectivity index (χ3n) is 1.02. The van der Waals surface area contributed by atoms with E-state index >= 15 is 0 Å². The molecule has 44 valence electrons. The Morgan fingerprint density at radius 2 is 1.88 bits per heavy atom. The summed E-state index contributed by atoms with van der Waals surface area (Å²) in [5.41, 5.74) is 0. The van der Waals surface area contributed by atoms with Crippen LogP contribution in [0, 0.1) is 0 Å². The van der Waals surface area contributed by atoms with Crippen molar-refractivity contribution in [3.05, 3.63) is 0 Å². The van der Waals surface area contributed by atoms with Gasteiger partial charge in [0, 0.05) is 0 Å². The highest BCUT2D eigenvalue weighted by molar-refractivity contribution is 6.35. The van der Waals surface area contributed by atoms with Gasteiger partial charge in [0.15, 0.2) is 0 Å². The highest BCUT2D eigenvalue weighted by Crippen LogP contribution is 2.37. The van der Waals surface area contributed by atoms with Crippen LogP contribution in [-0.2, 0) is 4.79 Å². The first-order valence-corrected chi connectivity index (χ1v) is 3.00. The molecule has 0 aliphatic heterocycles. The number of alkyl halides is 2. The van der Waals surface area contributed by atoms with Gasteiger partial charge in [-0.25, -0.2) is 4.79 Å². The quantitative estimate of drug-likeness (QED) is 0.312. The summed E-state index contributed by atoms with van der Waals surface area (Å²) < 4.78 is 0. The van der Waals surface area contributed by atoms with Crippen LogP contribution in [0.25, 0.3) is 0 Å². The zero-order valence-corrected chi connectivity index (χ0v) is 5.36. The van der Waals surface area contributed by atoms with E-state index in [4.69, 9.17) is 23.2 Å². The minimum Gasteiger partial charge on any atom is -0.211 e.